The van der Waals surface area contributed by atoms with Gasteiger partial charge in [0.25, 0.3) is 0 Å². The Kier molecular flexibility index (Phi) is 3.45. The average molecular weight is 265 g/mol. The smallest absolute Gasteiger partial charge is 0.123 e. The van der Waals surface area contributed by atoms with Crippen LogP contribution >= 0.6 is 27.3 Å². The van der Waals surface area contributed by atoms with E-state index in [9.17, 15) is 5.11 Å². The van der Waals surface area contributed by atoms with Crippen LogP contribution < -0.4 is 5.73 Å². The van der Waals surface area contributed by atoms with Gasteiger partial charge in [0.1, 0.15) is 10.2 Å². The van der Waals surface area contributed by atoms with E-state index in [1.807, 2.05) is 13.8 Å². The molecule has 1 heterocycles. The molecule has 0 aliphatic heterocycles. The van der Waals surface area contributed by atoms with Crippen LogP contribution in [0.15, 0.2) is 10.1 Å². The zero-order chi connectivity index (χ0) is 10.1. The predicted octanol–water partition coefficient (Wildman–Crippen LogP) is 1.71. The molecule has 0 radical (unpaired) electrons. The van der Waals surface area contributed by atoms with Crippen LogP contribution in [0.25, 0.3) is 0 Å². The van der Waals surface area contributed by atoms with Crippen molar-refractivity contribution in [2.24, 2.45) is 11.7 Å². The van der Waals surface area contributed by atoms with E-state index in [-0.39, 0.29) is 12.5 Å². The van der Waals surface area contributed by atoms with Crippen LogP contribution in [0, 0.1) is 5.92 Å². The first-order valence-corrected chi connectivity index (χ1v) is 5.71. The van der Waals surface area contributed by atoms with Crippen molar-refractivity contribution in [3.8, 4) is 0 Å². The van der Waals surface area contributed by atoms with Gasteiger partial charge in [0, 0.05) is 6.54 Å². The van der Waals surface area contributed by atoms with Crippen molar-refractivity contribution >= 4 is 27.3 Å². The van der Waals surface area contributed by atoms with E-state index in [1.165, 1.54) is 11.3 Å². The molecule has 3 N–H and O–H groups in total. The quantitative estimate of drug-likeness (QED) is 0.874. The lowest BCUT2D eigenvalue weighted by molar-refractivity contribution is 0.00154. The average Bonchev–Trinajstić information content (AvgIpc) is 2.50. The first-order chi connectivity index (χ1) is 6.02. The van der Waals surface area contributed by atoms with Gasteiger partial charge in [0.2, 0.25) is 0 Å². The zero-order valence-corrected chi connectivity index (χ0v) is 10.0. The van der Waals surface area contributed by atoms with Crippen LogP contribution in [0.5, 0.6) is 0 Å². The highest BCUT2D eigenvalue weighted by Gasteiger charge is 2.35. The Morgan fingerprint density at radius 2 is 2.38 bits per heavy atom. The number of aromatic nitrogens is 1. The summed E-state index contributed by atoms with van der Waals surface area (Å²) >= 11 is 4.72. The van der Waals surface area contributed by atoms with Gasteiger partial charge in [-0.15, -0.1) is 11.3 Å². The maximum absolute atomic E-state index is 10.3. The van der Waals surface area contributed by atoms with E-state index in [0.29, 0.717) is 4.60 Å². The van der Waals surface area contributed by atoms with E-state index in [4.69, 9.17) is 5.73 Å². The Labute approximate surface area is 90.1 Å². The molecule has 13 heavy (non-hydrogen) atoms. The first kappa shape index (κ1) is 11.1. The molecule has 74 valence electrons. The minimum atomic E-state index is -0.958. The molecule has 1 aromatic heterocycles. The van der Waals surface area contributed by atoms with Crippen molar-refractivity contribution in [1.29, 1.82) is 0 Å². The third kappa shape index (κ3) is 1.93. The molecule has 0 bridgehead atoms. The Morgan fingerprint density at radius 1 is 1.77 bits per heavy atom. The lowest BCUT2D eigenvalue weighted by Gasteiger charge is -2.29. The number of halogens is 1. The summed E-state index contributed by atoms with van der Waals surface area (Å²) in [6.07, 6.45) is 0. The molecule has 5 heteroatoms. The monoisotopic (exact) mass is 264 g/mol. The Hall–Kier alpha value is 0.0300. The lowest BCUT2D eigenvalue weighted by atomic mass is 9.89. The fraction of sp³-hybridized carbons (Fsp3) is 0.625. The lowest BCUT2D eigenvalue weighted by Crippen LogP contribution is -2.39. The molecule has 0 saturated carbocycles. The molecule has 0 aliphatic carbocycles. The maximum Gasteiger partial charge on any atom is 0.123 e. The molecule has 1 aromatic rings. The molecule has 0 aromatic carbocycles. The number of hydrogen-bond acceptors (Lipinski definition) is 4. The minimum Gasteiger partial charge on any atom is -0.383 e. The molecule has 0 fully saturated rings. The second-order valence-electron chi connectivity index (χ2n) is 3.26. The number of hydrogen-bond donors (Lipinski definition) is 2. The topological polar surface area (TPSA) is 59.1 Å². The highest BCUT2D eigenvalue weighted by Crippen LogP contribution is 2.35. The van der Waals surface area contributed by atoms with Crippen LogP contribution in [0.3, 0.4) is 0 Å². The largest absolute Gasteiger partial charge is 0.383 e. The molecular weight excluding hydrogens is 252 g/mol. The van der Waals surface area contributed by atoms with Crippen LogP contribution in [-0.4, -0.2) is 16.6 Å². The number of aliphatic hydroxyl groups is 1. The van der Waals surface area contributed by atoms with Gasteiger partial charge in [0.15, 0.2) is 0 Å². The summed E-state index contributed by atoms with van der Waals surface area (Å²) in [5.41, 5.74) is 6.31. The van der Waals surface area contributed by atoms with Crippen molar-refractivity contribution in [2.75, 3.05) is 6.54 Å². The SMILES string of the molecule is CC(C)C(O)(CN)c1scnc1Br. The van der Waals surface area contributed by atoms with E-state index in [1.54, 1.807) is 5.51 Å². The molecule has 0 saturated heterocycles. The van der Waals surface area contributed by atoms with Crippen LogP contribution in [0.4, 0.5) is 0 Å². The number of nitrogens with zero attached hydrogens (tertiary/aromatic N) is 1. The van der Waals surface area contributed by atoms with Crippen LogP contribution in [0.2, 0.25) is 0 Å². The van der Waals surface area contributed by atoms with Crippen LogP contribution in [-0.2, 0) is 5.60 Å². The summed E-state index contributed by atoms with van der Waals surface area (Å²) in [6.45, 7) is 4.10. The third-order valence-electron chi connectivity index (χ3n) is 2.18. The van der Waals surface area contributed by atoms with Gasteiger partial charge < -0.3 is 10.8 Å². The normalized spacial score (nSPS) is 16.2. The Morgan fingerprint density at radius 3 is 2.69 bits per heavy atom. The van der Waals surface area contributed by atoms with Crippen LogP contribution in [0.1, 0.15) is 18.7 Å². The van der Waals surface area contributed by atoms with Gasteiger partial charge >= 0.3 is 0 Å². The molecule has 0 spiro atoms. The number of rotatable bonds is 3. The third-order valence-corrected chi connectivity index (χ3v) is 4.04. The van der Waals surface area contributed by atoms with Crippen molar-refractivity contribution in [2.45, 2.75) is 19.4 Å². The zero-order valence-electron chi connectivity index (χ0n) is 7.62. The number of thiazole rings is 1. The first-order valence-electron chi connectivity index (χ1n) is 4.04. The summed E-state index contributed by atoms with van der Waals surface area (Å²) in [6, 6.07) is 0. The molecule has 3 nitrogen and oxygen atoms in total. The van der Waals surface area contributed by atoms with Crippen molar-refractivity contribution < 1.29 is 5.11 Å². The fourth-order valence-corrected chi connectivity index (χ4v) is 2.90. The second kappa shape index (κ2) is 4.04. The summed E-state index contributed by atoms with van der Waals surface area (Å²) in [5.74, 6) is 0.0780. The second-order valence-corrected chi connectivity index (χ2v) is 4.86. The highest BCUT2D eigenvalue weighted by atomic mass is 79.9. The standard InChI is InChI=1S/C8H13BrN2OS/c1-5(2)8(12,3-10)6-7(9)11-4-13-6/h4-5,12H,3,10H2,1-2H3. The fourth-order valence-electron chi connectivity index (χ4n) is 1.10. The van der Waals surface area contributed by atoms with Crippen molar-refractivity contribution in [3.63, 3.8) is 0 Å². The molecule has 0 aliphatic rings. The Balaban J connectivity index is 3.10. The van der Waals surface area contributed by atoms with E-state index in [2.05, 4.69) is 20.9 Å². The number of nitrogens with two attached hydrogens (primary N) is 1. The summed E-state index contributed by atoms with van der Waals surface area (Å²) < 4.78 is 0.694. The highest BCUT2D eigenvalue weighted by molar-refractivity contribution is 9.10. The van der Waals surface area contributed by atoms with E-state index in [0.717, 1.165) is 4.88 Å². The van der Waals surface area contributed by atoms with Gasteiger partial charge in [-0.2, -0.15) is 0 Å². The van der Waals surface area contributed by atoms with Crippen molar-refractivity contribution in [1.82, 2.24) is 4.98 Å². The maximum atomic E-state index is 10.3. The van der Waals surface area contributed by atoms with Gasteiger partial charge in [-0.25, -0.2) is 4.98 Å². The van der Waals surface area contributed by atoms with Gasteiger partial charge in [-0.1, -0.05) is 13.8 Å². The van der Waals surface area contributed by atoms with E-state index < -0.39 is 5.60 Å². The van der Waals surface area contributed by atoms with E-state index >= 15 is 0 Å². The summed E-state index contributed by atoms with van der Waals surface area (Å²) in [4.78, 5) is 4.84. The molecular formula is C8H13BrN2OS. The predicted molar refractivity (Wildman–Crippen MR) is 57.6 cm³/mol. The molecule has 0 amide bonds. The van der Waals surface area contributed by atoms with Crippen molar-refractivity contribution in [3.05, 3.63) is 15.0 Å². The van der Waals surface area contributed by atoms with Gasteiger partial charge in [-0.05, 0) is 21.8 Å². The summed E-state index contributed by atoms with van der Waals surface area (Å²) in [5, 5.41) is 10.3. The Bertz CT molecular complexity index is 289. The molecule has 1 atom stereocenters. The minimum absolute atomic E-state index is 0.0780. The van der Waals surface area contributed by atoms with Gasteiger partial charge in [0.05, 0.1) is 10.4 Å². The summed E-state index contributed by atoms with van der Waals surface area (Å²) in [7, 11) is 0. The molecule has 1 rings (SSSR count). The van der Waals surface area contributed by atoms with Gasteiger partial charge in [-0.3, -0.25) is 0 Å². The molecule has 1 unspecified atom stereocenters.